The summed E-state index contributed by atoms with van der Waals surface area (Å²) in [6.45, 7) is 3.65. The molecule has 4 heteroatoms. The normalized spacial score (nSPS) is 11.8. The van der Waals surface area contributed by atoms with E-state index in [0.717, 1.165) is 22.1 Å². The molecule has 0 saturated carbocycles. The van der Waals surface area contributed by atoms with Gasteiger partial charge in [0.15, 0.2) is 0 Å². The third kappa shape index (κ3) is 4.14. The predicted octanol–water partition coefficient (Wildman–Crippen LogP) is 3.79. The second kappa shape index (κ2) is 6.44. The molecule has 0 radical (unpaired) electrons. The molecule has 0 spiro atoms. The number of nitrogens with two attached hydrogens (primary N) is 1. The highest BCUT2D eigenvalue weighted by Crippen LogP contribution is 2.27. The van der Waals surface area contributed by atoms with Gasteiger partial charge in [-0.2, -0.15) is 0 Å². The Morgan fingerprint density at radius 3 is 2.77 bits per heavy atom. The van der Waals surface area contributed by atoms with Crippen LogP contribution < -0.4 is 5.73 Å². The van der Waals surface area contributed by atoms with Crippen LogP contribution in [0.4, 0.5) is 0 Å². The summed E-state index contributed by atoms with van der Waals surface area (Å²) in [5, 5.41) is 0. The van der Waals surface area contributed by atoms with Crippen LogP contribution in [0.5, 0.6) is 0 Å². The summed E-state index contributed by atoms with van der Waals surface area (Å²) >= 11 is 7.33. The fraction of sp³-hybridized carbons (Fsp3) is 0.333. The van der Waals surface area contributed by atoms with Crippen LogP contribution in [0.15, 0.2) is 24.8 Å². The molecule has 0 amide bonds. The molecule has 1 rings (SSSR count). The minimum absolute atomic E-state index is 0. The molecule has 1 aromatic heterocycles. The topological polar surface area (TPSA) is 26.0 Å². The monoisotopic (exact) mass is 237 g/mol. The van der Waals surface area contributed by atoms with Crippen molar-refractivity contribution in [2.24, 2.45) is 5.73 Å². The Bertz CT molecular complexity index is 260. The lowest BCUT2D eigenvalue weighted by atomic mass is 10.1. The van der Waals surface area contributed by atoms with E-state index in [0.29, 0.717) is 0 Å². The Balaban J connectivity index is 0.00000144. The van der Waals surface area contributed by atoms with Crippen molar-refractivity contribution in [2.75, 3.05) is 0 Å². The highest BCUT2D eigenvalue weighted by atomic mass is 35.5. The Morgan fingerprint density at radius 2 is 2.31 bits per heavy atom. The third-order valence-corrected chi connectivity index (χ3v) is 3.00. The van der Waals surface area contributed by atoms with Crippen LogP contribution >= 0.6 is 35.3 Å². The van der Waals surface area contributed by atoms with Crippen LogP contribution in [0.25, 0.3) is 0 Å². The summed E-state index contributed by atoms with van der Waals surface area (Å²) < 4.78 is 0.805. The van der Waals surface area contributed by atoms with Crippen molar-refractivity contribution in [3.05, 3.63) is 34.0 Å². The van der Waals surface area contributed by atoms with E-state index in [4.69, 9.17) is 17.3 Å². The van der Waals surface area contributed by atoms with Crippen molar-refractivity contribution in [3.8, 4) is 0 Å². The van der Waals surface area contributed by atoms with E-state index in [2.05, 4.69) is 6.58 Å². The lowest BCUT2D eigenvalue weighted by molar-refractivity contribution is 0.673. The van der Waals surface area contributed by atoms with E-state index in [1.54, 1.807) is 11.3 Å². The van der Waals surface area contributed by atoms with Crippen LogP contribution in [0.3, 0.4) is 0 Å². The summed E-state index contributed by atoms with van der Waals surface area (Å²) in [5.74, 6) is 0. The van der Waals surface area contributed by atoms with Crippen LogP contribution in [0, 0.1) is 0 Å². The number of hydrogen-bond donors (Lipinski definition) is 1. The second-order valence-corrected chi connectivity index (χ2v) is 4.36. The van der Waals surface area contributed by atoms with Gasteiger partial charge in [0, 0.05) is 10.9 Å². The molecule has 1 nitrogen and oxygen atoms in total. The van der Waals surface area contributed by atoms with Crippen molar-refractivity contribution in [3.63, 3.8) is 0 Å². The molecule has 1 heterocycles. The number of halogens is 2. The van der Waals surface area contributed by atoms with Gasteiger partial charge < -0.3 is 5.73 Å². The average molecular weight is 238 g/mol. The molecule has 2 N–H and O–H groups in total. The standard InChI is InChI=1S/C9H12ClNS.ClH/c1-2-3-4-7(11)8-5-6-9(10)12-8;/h2,5-7H,1,3-4,11H2;1H/t7-;/m1./s1. The van der Waals surface area contributed by atoms with Crippen LogP contribution in [-0.2, 0) is 0 Å². The van der Waals surface area contributed by atoms with E-state index >= 15 is 0 Å². The van der Waals surface area contributed by atoms with E-state index in [1.807, 2.05) is 18.2 Å². The van der Waals surface area contributed by atoms with Gasteiger partial charge in [0.2, 0.25) is 0 Å². The van der Waals surface area contributed by atoms with Gasteiger partial charge in [-0.3, -0.25) is 0 Å². The average Bonchev–Trinajstić information content (AvgIpc) is 2.47. The molecular weight excluding hydrogens is 225 g/mol. The zero-order chi connectivity index (χ0) is 8.97. The molecule has 0 aromatic carbocycles. The first-order chi connectivity index (χ1) is 5.74. The van der Waals surface area contributed by atoms with E-state index in [-0.39, 0.29) is 18.4 Å². The van der Waals surface area contributed by atoms with Crippen LogP contribution in [-0.4, -0.2) is 0 Å². The molecular formula is C9H13Cl2NS. The minimum Gasteiger partial charge on any atom is -0.323 e. The Hall–Kier alpha value is -0.0200. The fourth-order valence-corrected chi connectivity index (χ4v) is 2.06. The van der Waals surface area contributed by atoms with E-state index in [1.165, 1.54) is 0 Å². The van der Waals surface area contributed by atoms with E-state index < -0.39 is 0 Å². The van der Waals surface area contributed by atoms with Gasteiger partial charge in [-0.1, -0.05) is 17.7 Å². The molecule has 0 unspecified atom stereocenters. The maximum absolute atomic E-state index is 5.90. The first-order valence-electron chi connectivity index (χ1n) is 3.85. The van der Waals surface area contributed by atoms with Gasteiger partial charge in [0.05, 0.1) is 4.34 Å². The lowest BCUT2D eigenvalue weighted by Gasteiger charge is -2.06. The third-order valence-electron chi connectivity index (χ3n) is 1.64. The summed E-state index contributed by atoms with van der Waals surface area (Å²) in [6.07, 6.45) is 3.78. The summed E-state index contributed by atoms with van der Waals surface area (Å²) in [6, 6.07) is 3.98. The van der Waals surface area contributed by atoms with Crippen molar-refractivity contribution in [1.82, 2.24) is 0 Å². The highest BCUT2D eigenvalue weighted by Gasteiger charge is 2.06. The number of thiophene rings is 1. The zero-order valence-corrected chi connectivity index (χ0v) is 9.59. The quantitative estimate of drug-likeness (QED) is 0.793. The molecule has 0 aliphatic carbocycles. The van der Waals surface area contributed by atoms with Gasteiger partial charge in [-0.15, -0.1) is 30.3 Å². The molecule has 0 fully saturated rings. The highest BCUT2D eigenvalue weighted by molar-refractivity contribution is 7.16. The first-order valence-corrected chi connectivity index (χ1v) is 5.05. The van der Waals surface area contributed by atoms with Gasteiger partial charge in [-0.05, 0) is 25.0 Å². The molecule has 1 atom stereocenters. The SMILES string of the molecule is C=CCC[C@@H](N)c1ccc(Cl)s1.Cl. The molecule has 0 saturated heterocycles. The Kier molecular flexibility index (Phi) is 6.43. The molecule has 74 valence electrons. The van der Waals surface area contributed by atoms with Crippen molar-refractivity contribution in [1.29, 1.82) is 0 Å². The number of allylic oxidation sites excluding steroid dienone is 1. The maximum Gasteiger partial charge on any atom is 0.0931 e. The van der Waals surface area contributed by atoms with Gasteiger partial charge in [0.1, 0.15) is 0 Å². The van der Waals surface area contributed by atoms with Crippen LogP contribution in [0.2, 0.25) is 4.34 Å². The van der Waals surface area contributed by atoms with Crippen LogP contribution in [0.1, 0.15) is 23.8 Å². The number of rotatable bonds is 4. The molecule has 0 aliphatic heterocycles. The lowest BCUT2D eigenvalue weighted by Crippen LogP contribution is -2.07. The molecule has 0 aliphatic rings. The predicted molar refractivity (Wildman–Crippen MR) is 62.9 cm³/mol. The maximum atomic E-state index is 5.90. The first kappa shape index (κ1) is 13.0. The largest absolute Gasteiger partial charge is 0.323 e. The smallest absolute Gasteiger partial charge is 0.0931 e. The van der Waals surface area contributed by atoms with Gasteiger partial charge in [-0.25, -0.2) is 0 Å². The summed E-state index contributed by atoms with van der Waals surface area (Å²) in [7, 11) is 0. The zero-order valence-electron chi connectivity index (χ0n) is 7.20. The number of hydrogen-bond acceptors (Lipinski definition) is 2. The van der Waals surface area contributed by atoms with Gasteiger partial charge >= 0.3 is 0 Å². The summed E-state index contributed by atoms with van der Waals surface area (Å²) in [5.41, 5.74) is 5.90. The Morgan fingerprint density at radius 1 is 1.62 bits per heavy atom. The second-order valence-electron chi connectivity index (χ2n) is 2.61. The van der Waals surface area contributed by atoms with E-state index in [9.17, 15) is 0 Å². The van der Waals surface area contributed by atoms with Crippen molar-refractivity contribution >= 4 is 35.3 Å². The van der Waals surface area contributed by atoms with Crippen molar-refractivity contribution < 1.29 is 0 Å². The fourth-order valence-electron chi connectivity index (χ4n) is 0.967. The molecule has 1 aromatic rings. The summed E-state index contributed by atoms with van der Waals surface area (Å²) in [4.78, 5) is 1.15. The molecule has 13 heavy (non-hydrogen) atoms. The Labute approximate surface area is 94.0 Å². The van der Waals surface area contributed by atoms with Crippen molar-refractivity contribution in [2.45, 2.75) is 18.9 Å². The minimum atomic E-state index is 0. The molecule has 0 bridgehead atoms. The van der Waals surface area contributed by atoms with Gasteiger partial charge in [0.25, 0.3) is 0 Å².